The van der Waals surface area contributed by atoms with E-state index in [0.717, 1.165) is 0 Å². The van der Waals surface area contributed by atoms with Gasteiger partial charge >= 0.3 is 5.69 Å². The number of benzene rings is 2. The summed E-state index contributed by atoms with van der Waals surface area (Å²) in [5.74, 6) is -0.588. The highest BCUT2D eigenvalue weighted by Crippen LogP contribution is 2.35. The zero-order valence-electron chi connectivity index (χ0n) is 10.6. The highest BCUT2D eigenvalue weighted by Gasteiger charge is 2.19. The molecule has 0 unspecified atom stereocenters. The van der Waals surface area contributed by atoms with E-state index < -0.39 is 16.8 Å². The van der Waals surface area contributed by atoms with Crippen molar-refractivity contribution in [1.29, 1.82) is 0 Å². The van der Waals surface area contributed by atoms with Gasteiger partial charge in [-0.25, -0.2) is 4.39 Å². The molecule has 2 aromatic carbocycles. The summed E-state index contributed by atoms with van der Waals surface area (Å²) in [6, 6.07) is 9.82. The van der Waals surface area contributed by atoms with Crippen molar-refractivity contribution in [2.24, 2.45) is 0 Å². The van der Waals surface area contributed by atoms with Gasteiger partial charge in [-0.1, -0.05) is 18.2 Å². The number of aliphatic hydroxyl groups is 1. The SMILES string of the molecule is C[C@H](O)c1c(F)cccc1Oc1ccccc1[N+](=O)[O-]. The summed E-state index contributed by atoms with van der Waals surface area (Å²) in [5, 5.41) is 20.5. The predicted octanol–water partition coefficient (Wildman–Crippen LogP) is 3.58. The molecule has 0 saturated heterocycles. The van der Waals surface area contributed by atoms with Gasteiger partial charge < -0.3 is 9.84 Å². The zero-order valence-corrected chi connectivity index (χ0v) is 10.6. The van der Waals surface area contributed by atoms with Crippen LogP contribution in [0.4, 0.5) is 10.1 Å². The largest absolute Gasteiger partial charge is 0.450 e. The van der Waals surface area contributed by atoms with Crippen molar-refractivity contribution in [3.8, 4) is 11.5 Å². The lowest BCUT2D eigenvalue weighted by Crippen LogP contribution is -2.01. The molecule has 0 spiro atoms. The maximum atomic E-state index is 13.7. The van der Waals surface area contributed by atoms with Crippen LogP contribution in [-0.2, 0) is 0 Å². The van der Waals surface area contributed by atoms with Crippen LogP contribution < -0.4 is 4.74 Å². The highest BCUT2D eigenvalue weighted by atomic mass is 19.1. The first-order valence-corrected chi connectivity index (χ1v) is 5.88. The molecule has 0 aromatic heterocycles. The highest BCUT2D eigenvalue weighted by molar-refractivity contribution is 5.49. The van der Waals surface area contributed by atoms with E-state index in [9.17, 15) is 19.6 Å². The van der Waals surface area contributed by atoms with Gasteiger partial charge in [-0.05, 0) is 25.1 Å². The van der Waals surface area contributed by atoms with Crippen molar-refractivity contribution in [3.63, 3.8) is 0 Å². The molecule has 0 aliphatic rings. The number of nitrogens with zero attached hydrogens (tertiary/aromatic N) is 1. The average molecular weight is 277 g/mol. The van der Waals surface area contributed by atoms with E-state index in [1.807, 2.05) is 0 Å². The van der Waals surface area contributed by atoms with Crippen molar-refractivity contribution in [2.75, 3.05) is 0 Å². The van der Waals surface area contributed by atoms with Crippen molar-refractivity contribution >= 4 is 5.69 Å². The number of nitro groups is 1. The lowest BCUT2D eigenvalue weighted by molar-refractivity contribution is -0.385. The number of para-hydroxylation sites is 2. The Labute approximate surface area is 114 Å². The number of rotatable bonds is 4. The Balaban J connectivity index is 2.46. The van der Waals surface area contributed by atoms with Crippen LogP contribution in [0.2, 0.25) is 0 Å². The van der Waals surface area contributed by atoms with E-state index in [4.69, 9.17) is 4.74 Å². The summed E-state index contributed by atoms with van der Waals surface area (Å²) in [7, 11) is 0. The Morgan fingerprint density at radius 3 is 2.50 bits per heavy atom. The Bertz CT molecular complexity index is 643. The zero-order chi connectivity index (χ0) is 14.7. The van der Waals surface area contributed by atoms with E-state index in [0.29, 0.717) is 0 Å². The van der Waals surface area contributed by atoms with Crippen molar-refractivity contribution in [2.45, 2.75) is 13.0 Å². The fourth-order valence-corrected chi connectivity index (χ4v) is 1.82. The quantitative estimate of drug-likeness (QED) is 0.684. The van der Waals surface area contributed by atoms with Gasteiger partial charge in [-0.15, -0.1) is 0 Å². The molecule has 0 bridgehead atoms. The Morgan fingerprint density at radius 2 is 1.85 bits per heavy atom. The fourth-order valence-electron chi connectivity index (χ4n) is 1.82. The maximum Gasteiger partial charge on any atom is 0.311 e. The predicted molar refractivity (Wildman–Crippen MR) is 70.2 cm³/mol. The molecular weight excluding hydrogens is 265 g/mol. The molecule has 1 atom stereocenters. The Hall–Kier alpha value is -2.47. The number of aliphatic hydroxyl groups excluding tert-OH is 1. The van der Waals surface area contributed by atoms with Crippen molar-refractivity contribution in [3.05, 3.63) is 64.0 Å². The topological polar surface area (TPSA) is 72.6 Å². The number of ether oxygens (including phenoxy) is 1. The van der Waals surface area contributed by atoms with Gasteiger partial charge in [0, 0.05) is 6.07 Å². The molecule has 6 heteroatoms. The summed E-state index contributed by atoms with van der Waals surface area (Å²) >= 11 is 0. The van der Waals surface area contributed by atoms with Gasteiger partial charge in [0.1, 0.15) is 11.6 Å². The first kappa shape index (κ1) is 14.0. The van der Waals surface area contributed by atoms with Gasteiger partial charge in [0.25, 0.3) is 0 Å². The van der Waals surface area contributed by atoms with Crippen molar-refractivity contribution in [1.82, 2.24) is 0 Å². The maximum absolute atomic E-state index is 13.7. The van der Waals surface area contributed by atoms with Crippen LogP contribution in [-0.4, -0.2) is 10.0 Å². The molecule has 0 radical (unpaired) electrons. The van der Waals surface area contributed by atoms with Crippen LogP contribution in [0, 0.1) is 15.9 Å². The smallest absolute Gasteiger partial charge is 0.311 e. The van der Waals surface area contributed by atoms with Crippen molar-refractivity contribution < 1.29 is 19.2 Å². The van der Waals surface area contributed by atoms with Gasteiger partial charge in [0.2, 0.25) is 5.75 Å². The molecule has 2 rings (SSSR count). The van der Waals surface area contributed by atoms with Crippen LogP contribution in [0.1, 0.15) is 18.6 Å². The molecule has 1 N–H and O–H groups in total. The molecule has 0 saturated carbocycles. The number of halogens is 1. The molecule has 20 heavy (non-hydrogen) atoms. The normalized spacial score (nSPS) is 11.9. The van der Waals surface area contributed by atoms with E-state index in [-0.39, 0.29) is 22.7 Å². The minimum atomic E-state index is -1.09. The molecule has 0 fully saturated rings. The van der Waals surface area contributed by atoms with Gasteiger partial charge in [-0.2, -0.15) is 0 Å². The average Bonchev–Trinajstić information content (AvgIpc) is 2.38. The molecule has 0 aliphatic heterocycles. The second-order valence-electron chi connectivity index (χ2n) is 4.15. The van der Waals surface area contributed by atoms with Crippen LogP contribution in [0.15, 0.2) is 42.5 Å². The standard InChI is InChI=1S/C14H12FNO4/c1-9(17)14-10(15)5-4-8-13(14)20-12-7-3-2-6-11(12)16(18)19/h2-9,17H,1H3/t9-/m0/s1. The van der Waals surface area contributed by atoms with Crippen LogP contribution in [0.5, 0.6) is 11.5 Å². The lowest BCUT2D eigenvalue weighted by Gasteiger charge is -2.13. The van der Waals surface area contributed by atoms with E-state index >= 15 is 0 Å². The first-order chi connectivity index (χ1) is 9.50. The van der Waals surface area contributed by atoms with Gasteiger partial charge in [-0.3, -0.25) is 10.1 Å². The summed E-state index contributed by atoms with van der Waals surface area (Å²) in [4.78, 5) is 10.3. The van der Waals surface area contributed by atoms with Crippen LogP contribution in [0.25, 0.3) is 0 Å². The molecule has 0 aliphatic carbocycles. The summed E-state index contributed by atoms with van der Waals surface area (Å²) in [5.41, 5.74) is -0.265. The molecule has 104 valence electrons. The molecule has 0 amide bonds. The number of hydrogen-bond acceptors (Lipinski definition) is 4. The molecular formula is C14H12FNO4. The Morgan fingerprint density at radius 1 is 1.20 bits per heavy atom. The fraction of sp³-hybridized carbons (Fsp3) is 0.143. The first-order valence-electron chi connectivity index (χ1n) is 5.88. The van der Waals surface area contributed by atoms with E-state index in [1.54, 1.807) is 6.07 Å². The summed E-state index contributed by atoms with van der Waals surface area (Å²) in [6.07, 6.45) is -1.09. The monoisotopic (exact) mass is 277 g/mol. The second kappa shape index (κ2) is 5.66. The third kappa shape index (κ3) is 2.75. The molecule has 5 nitrogen and oxygen atoms in total. The van der Waals surface area contributed by atoms with Crippen LogP contribution >= 0.6 is 0 Å². The summed E-state index contributed by atoms with van der Waals surface area (Å²) < 4.78 is 19.1. The molecule has 0 heterocycles. The lowest BCUT2D eigenvalue weighted by atomic mass is 10.1. The summed E-state index contributed by atoms with van der Waals surface area (Å²) in [6.45, 7) is 1.39. The number of nitro benzene ring substituents is 1. The minimum absolute atomic E-state index is 0.00926. The third-order valence-corrected chi connectivity index (χ3v) is 2.71. The third-order valence-electron chi connectivity index (χ3n) is 2.71. The molecule has 2 aromatic rings. The minimum Gasteiger partial charge on any atom is -0.450 e. The van der Waals surface area contributed by atoms with E-state index in [1.165, 1.54) is 43.3 Å². The number of hydrogen-bond donors (Lipinski definition) is 1. The Kier molecular flexibility index (Phi) is 3.95. The second-order valence-corrected chi connectivity index (χ2v) is 4.15. The van der Waals surface area contributed by atoms with Crippen LogP contribution in [0.3, 0.4) is 0 Å². The van der Waals surface area contributed by atoms with E-state index in [2.05, 4.69) is 0 Å². The van der Waals surface area contributed by atoms with Gasteiger partial charge in [0.05, 0.1) is 16.6 Å². The van der Waals surface area contributed by atoms with Gasteiger partial charge in [0.15, 0.2) is 0 Å².